The Kier molecular flexibility index (Phi) is 5.44. The first-order valence-corrected chi connectivity index (χ1v) is 11.0. The van der Waals surface area contributed by atoms with Gasteiger partial charge < -0.3 is 20.4 Å². The van der Waals surface area contributed by atoms with E-state index in [-0.39, 0.29) is 5.56 Å². The molecule has 168 valence electrons. The number of aromatic nitrogens is 4. The van der Waals surface area contributed by atoms with E-state index < -0.39 is 0 Å². The third-order valence-corrected chi connectivity index (χ3v) is 6.34. The van der Waals surface area contributed by atoms with Crippen LogP contribution in [0.4, 0.5) is 11.5 Å². The summed E-state index contributed by atoms with van der Waals surface area (Å²) in [5.41, 5.74) is 11.2. The Bertz CT molecular complexity index is 1180. The summed E-state index contributed by atoms with van der Waals surface area (Å²) in [6.07, 6.45) is 0.743. The highest BCUT2D eigenvalue weighted by Crippen LogP contribution is 2.28. The van der Waals surface area contributed by atoms with Crippen LogP contribution in [-0.2, 0) is 31.3 Å². The Morgan fingerprint density at radius 2 is 1.91 bits per heavy atom. The molecular weight excluding hydrogens is 406 g/mol. The third kappa shape index (κ3) is 3.89. The standard InChI is InChI=1S/C23H29N7O2/c1-15-18(23(28(2)27-15)30-9-11-32-12-10-30)13-29-8-7-20-19(14-29)22(31)26-21(25-20)16-3-5-17(24)6-4-16/h3-6H,7-14,24H2,1-2H3,(H,25,26,31). The molecule has 0 unspecified atom stereocenters. The highest BCUT2D eigenvalue weighted by atomic mass is 16.5. The number of anilines is 2. The molecule has 0 atom stereocenters. The summed E-state index contributed by atoms with van der Waals surface area (Å²) >= 11 is 0. The number of benzene rings is 1. The van der Waals surface area contributed by atoms with E-state index >= 15 is 0 Å². The summed E-state index contributed by atoms with van der Waals surface area (Å²) in [5, 5.41) is 4.68. The molecule has 4 heterocycles. The molecule has 9 nitrogen and oxygen atoms in total. The van der Waals surface area contributed by atoms with Gasteiger partial charge in [-0.15, -0.1) is 0 Å². The molecule has 0 bridgehead atoms. The predicted molar refractivity (Wildman–Crippen MR) is 124 cm³/mol. The number of nitrogens with zero attached hydrogens (tertiary/aromatic N) is 5. The molecule has 0 amide bonds. The molecule has 5 rings (SSSR count). The van der Waals surface area contributed by atoms with Gasteiger partial charge in [-0.2, -0.15) is 5.10 Å². The van der Waals surface area contributed by atoms with Crippen molar-refractivity contribution in [3.8, 4) is 11.4 Å². The minimum Gasteiger partial charge on any atom is -0.399 e. The van der Waals surface area contributed by atoms with E-state index in [4.69, 9.17) is 15.5 Å². The van der Waals surface area contributed by atoms with Gasteiger partial charge in [-0.05, 0) is 31.2 Å². The molecule has 0 aliphatic carbocycles. The quantitative estimate of drug-likeness (QED) is 0.598. The first-order valence-electron chi connectivity index (χ1n) is 11.0. The first-order chi connectivity index (χ1) is 15.5. The Morgan fingerprint density at radius 3 is 2.66 bits per heavy atom. The van der Waals surface area contributed by atoms with Crippen molar-refractivity contribution >= 4 is 11.5 Å². The van der Waals surface area contributed by atoms with Crippen LogP contribution < -0.4 is 16.2 Å². The van der Waals surface area contributed by atoms with Gasteiger partial charge in [-0.1, -0.05) is 0 Å². The molecule has 3 N–H and O–H groups in total. The summed E-state index contributed by atoms with van der Waals surface area (Å²) in [7, 11) is 2.00. The summed E-state index contributed by atoms with van der Waals surface area (Å²) in [6, 6.07) is 7.40. The van der Waals surface area contributed by atoms with Crippen LogP contribution in [0.5, 0.6) is 0 Å². The lowest BCUT2D eigenvalue weighted by Gasteiger charge is -2.32. The molecule has 2 aliphatic heterocycles. The van der Waals surface area contributed by atoms with Crippen LogP contribution in [0.1, 0.15) is 22.5 Å². The molecule has 1 fully saturated rings. The second kappa shape index (κ2) is 8.40. The van der Waals surface area contributed by atoms with Gasteiger partial charge in [-0.25, -0.2) is 4.98 Å². The number of fused-ring (bicyclic) bond motifs is 1. The van der Waals surface area contributed by atoms with Gasteiger partial charge >= 0.3 is 0 Å². The van der Waals surface area contributed by atoms with E-state index in [9.17, 15) is 4.79 Å². The second-order valence-electron chi connectivity index (χ2n) is 8.53. The first kappa shape index (κ1) is 20.7. The molecule has 2 aliphatic rings. The largest absolute Gasteiger partial charge is 0.399 e. The fourth-order valence-corrected chi connectivity index (χ4v) is 4.66. The lowest BCUT2D eigenvalue weighted by atomic mass is 10.0. The van der Waals surface area contributed by atoms with Crippen molar-refractivity contribution in [3.63, 3.8) is 0 Å². The maximum atomic E-state index is 12.9. The lowest BCUT2D eigenvalue weighted by Crippen LogP contribution is -2.39. The molecular formula is C23H29N7O2. The van der Waals surface area contributed by atoms with Crippen molar-refractivity contribution in [1.29, 1.82) is 0 Å². The van der Waals surface area contributed by atoms with Gasteiger partial charge in [0.2, 0.25) is 0 Å². The second-order valence-corrected chi connectivity index (χ2v) is 8.53. The van der Waals surface area contributed by atoms with E-state index in [0.29, 0.717) is 18.1 Å². The predicted octanol–water partition coefficient (Wildman–Crippen LogP) is 1.46. The zero-order valence-electron chi connectivity index (χ0n) is 18.6. The van der Waals surface area contributed by atoms with Crippen molar-refractivity contribution in [2.75, 3.05) is 43.5 Å². The van der Waals surface area contributed by atoms with Crippen molar-refractivity contribution in [2.24, 2.45) is 7.05 Å². The van der Waals surface area contributed by atoms with Gasteiger partial charge in [-0.3, -0.25) is 14.4 Å². The fraction of sp³-hybridized carbons (Fsp3) is 0.435. The van der Waals surface area contributed by atoms with Gasteiger partial charge in [0, 0.05) is 63.0 Å². The van der Waals surface area contributed by atoms with Crippen molar-refractivity contribution in [3.05, 3.63) is 57.1 Å². The van der Waals surface area contributed by atoms with Crippen LogP contribution in [0.2, 0.25) is 0 Å². The van der Waals surface area contributed by atoms with Crippen LogP contribution in [0, 0.1) is 6.92 Å². The molecule has 0 radical (unpaired) electrons. The molecule has 0 saturated carbocycles. The molecule has 3 aromatic rings. The number of nitrogens with two attached hydrogens (primary N) is 1. The minimum absolute atomic E-state index is 0.0668. The maximum absolute atomic E-state index is 12.9. The minimum atomic E-state index is -0.0668. The zero-order valence-corrected chi connectivity index (χ0v) is 18.6. The number of morpholine rings is 1. The topological polar surface area (TPSA) is 105 Å². The van der Waals surface area contributed by atoms with Crippen LogP contribution in [0.25, 0.3) is 11.4 Å². The number of aryl methyl sites for hydroxylation is 2. The SMILES string of the molecule is Cc1nn(C)c(N2CCOCC2)c1CN1CCc2nc(-c3ccc(N)cc3)[nH]c(=O)c2C1. The number of rotatable bonds is 4. The fourth-order valence-electron chi connectivity index (χ4n) is 4.66. The number of ether oxygens (including phenoxy) is 1. The van der Waals surface area contributed by atoms with E-state index in [1.165, 1.54) is 5.56 Å². The Labute approximate surface area is 186 Å². The highest BCUT2D eigenvalue weighted by Gasteiger charge is 2.26. The third-order valence-electron chi connectivity index (χ3n) is 6.34. The molecule has 0 spiro atoms. The van der Waals surface area contributed by atoms with Crippen LogP contribution in [0.15, 0.2) is 29.1 Å². The summed E-state index contributed by atoms with van der Waals surface area (Å²) in [4.78, 5) is 25.3. The average Bonchev–Trinajstić information content (AvgIpc) is 3.07. The van der Waals surface area contributed by atoms with Crippen LogP contribution in [-0.4, -0.2) is 57.5 Å². The van der Waals surface area contributed by atoms with Gasteiger partial charge in [0.25, 0.3) is 5.56 Å². The number of hydrogen-bond acceptors (Lipinski definition) is 7. The molecule has 9 heteroatoms. The van der Waals surface area contributed by atoms with E-state index in [0.717, 1.165) is 74.1 Å². The summed E-state index contributed by atoms with van der Waals surface area (Å²) in [5.74, 6) is 1.75. The van der Waals surface area contributed by atoms with Gasteiger partial charge in [0.1, 0.15) is 11.6 Å². The summed E-state index contributed by atoms with van der Waals surface area (Å²) < 4.78 is 7.50. The number of aromatic amines is 1. The molecule has 1 saturated heterocycles. The highest BCUT2D eigenvalue weighted by molar-refractivity contribution is 5.59. The smallest absolute Gasteiger partial charge is 0.255 e. The Morgan fingerprint density at radius 1 is 1.16 bits per heavy atom. The maximum Gasteiger partial charge on any atom is 0.255 e. The van der Waals surface area contributed by atoms with E-state index in [1.807, 2.05) is 36.0 Å². The zero-order chi connectivity index (χ0) is 22.2. The lowest BCUT2D eigenvalue weighted by molar-refractivity contribution is 0.122. The van der Waals surface area contributed by atoms with Gasteiger partial charge in [0.15, 0.2) is 0 Å². The number of H-pyrrole nitrogens is 1. The van der Waals surface area contributed by atoms with Crippen molar-refractivity contribution in [1.82, 2.24) is 24.6 Å². The number of nitrogen functional groups attached to an aromatic ring is 1. The normalized spacial score (nSPS) is 16.9. The Hall–Kier alpha value is -3.17. The Balaban J connectivity index is 1.39. The van der Waals surface area contributed by atoms with Gasteiger partial charge in [0.05, 0.1) is 30.2 Å². The van der Waals surface area contributed by atoms with Crippen molar-refractivity contribution < 1.29 is 4.74 Å². The molecule has 1 aromatic carbocycles. The average molecular weight is 436 g/mol. The summed E-state index contributed by atoms with van der Waals surface area (Å²) in [6.45, 7) is 7.45. The van der Waals surface area contributed by atoms with E-state index in [1.54, 1.807) is 0 Å². The number of hydrogen-bond donors (Lipinski definition) is 2. The number of nitrogens with one attached hydrogen (secondary N) is 1. The van der Waals surface area contributed by atoms with Crippen molar-refractivity contribution in [2.45, 2.75) is 26.4 Å². The van der Waals surface area contributed by atoms with Crippen LogP contribution in [0.3, 0.4) is 0 Å². The molecule has 32 heavy (non-hydrogen) atoms. The van der Waals surface area contributed by atoms with E-state index in [2.05, 4.69) is 26.8 Å². The monoisotopic (exact) mass is 435 g/mol. The molecule has 2 aromatic heterocycles. The van der Waals surface area contributed by atoms with Crippen LogP contribution >= 0.6 is 0 Å².